The van der Waals surface area contributed by atoms with E-state index in [-0.39, 0.29) is 11.9 Å². The quantitative estimate of drug-likeness (QED) is 0.760. The van der Waals surface area contributed by atoms with Crippen molar-refractivity contribution in [1.29, 1.82) is 0 Å². The summed E-state index contributed by atoms with van der Waals surface area (Å²) >= 11 is 0. The van der Waals surface area contributed by atoms with E-state index in [1.807, 2.05) is 12.1 Å². The summed E-state index contributed by atoms with van der Waals surface area (Å²) in [5.74, 6) is -0.0363. The molecule has 156 valence electrons. The number of carboxylic acids is 1. The minimum absolute atomic E-state index is 0.272. The number of halogens is 1. The third-order valence-electron chi connectivity index (χ3n) is 5.36. The van der Waals surface area contributed by atoms with E-state index in [2.05, 4.69) is 4.90 Å². The maximum absolute atomic E-state index is 13.6. The van der Waals surface area contributed by atoms with Crippen LogP contribution in [0.2, 0.25) is 0 Å². The number of ether oxygens (including phenoxy) is 3. The Bertz CT molecular complexity index is 830. The maximum Gasteiger partial charge on any atom is 0.307 e. The van der Waals surface area contributed by atoms with Crippen LogP contribution in [0.25, 0.3) is 0 Å². The summed E-state index contributed by atoms with van der Waals surface area (Å²) in [6.45, 7) is 1.15. The van der Waals surface area contributed by atoms with Gasteiger partial charge in [0, 0.05) is 6.54 Å². The lowest BCUT2D eigenvalue weighted by Gasteiger charge is -2.38. The molecule has 2 atom stereocenters. The molecule has 0 saturated carbocycles. The Hall–Kier alpha value is -2.80. The highest BCUT2D eigenvalue weighted by Gasteiger charge is 2.32. The van der Waals surface area contributed by atoms with Crippen LogP contribution in [0, 0.1) is 11.7 Å². The monoisotopic (exact) mass is 403 g/mol. The van der Waals surface area contributed by atoms with Gasteiger partial charge < -0.3 is 19.3 Å². The lowest BCUT2D eigenvalue weighted by molar-refractivity contribution is -0.143. The number of nitrogens with zero attached hydrogens (tertiary/aromatic N) is 1. The Morgan fingerprint density at radius 2 is 1.69 bits per heavy atom. The van der Waals surface area contributed by atoms with Gasteiger partial charge in [-0.1, -0.05) is 12.1 Å². The van der Waals surface area contributed by atoms with Gasteiger partial charge in [-0.3, -0.25) is 9.69 Å². The number of carbonyl (C=O) groups is 1. The predicted octanol–water partition coefficient (Wildman–Crippen LogP) is 3.74. The summed E-state index contributed by atoms with van der Waals surface area (Å²) in [7, 11) is 4.64. The molecule has 1 aliphatic rings. The molecule has 1 aliphatic heterocycles. The van der Waals surface area contributed by atoms with Gasteiger partial charge in [-0.25, -0.2) is 4.39 Å². The third kappa shape index (κ3) is 4.45. The minimum Gasteiger partial charge on any atom is -0.493 e. The molecule has 1 fully saturated rings. The van der Waals surface area contributed by atoms with Crippen LogP contribution in [-0.2, 0) is 4.79 Å². The van der Waals surface area contributed by atoms with Crippen molar-refractivity contribution in [2.75, 3.05) is 34.4 Å². The molecular formula is C22H26FNO5. The summed E-state index contributed by atoms with van der Waals surface area (Å²) < 4.78 is 30.0. The number of aliphatic carboxylic acids is 1. The average molecular weight is 403 g/mol. The Kier molecular flexibility index (Phi) is 6.59. The second kappa shape index (κ2) is 9.13. The van der Waals surface area contributed by atoms with Crippen molar-refractivity contribution in [3.05, 3.63) is 53.3 Å². The first-order valence-corrected chi connectivity index (χ1v) is 9.50. The fourth-order valence-electron chi connectivity index (χ4n) is 3.96. The fraction of sp³-hybridized carbons (Fsp3) is 0.409. The van der Waals surface area contributed by atoms with E-state index in [0.717, 1.165) is 24.1 Å². The molecule has 0 aliphatic carbocycles. The molecule has 2 aromatic rings. The molecule has 0 amide bonds. The van der Waals surface area contributed by atoms with Crippen molar-refractivity contribution in [2.24, 2.45) is 5.92 Å². The molecule has 2 unspecified atom stereocenters. The first-order chi connectivity index (χ1) is 14.0. The predicted molar refractivity (Wildman–Crippen MR) is 106 cm³/mol. The Balaban J connectivity index is 2.10. The molecule has 1 N–H and O–H groups in total. The topological polar surface area (TPSA) is 68.2 Å². The van der Waals surface area contributed by atoms with Gasteiger partial charge in [0.2, 0.25) is 5.75 Å². The van der Waals surface area contributed by atoms with E-state index >= 15 is 0 Å². The minimum atomic E-state index is -0.794. The van der Waals surface area contributed by atoms with E-state index in [1.165, 1.54) is 12.1 Å². The number of hydrogen-bond acceptors (Lipinski definition) is 5. The molecule has 29 heavy (non-hydrogen) atoms. The van der Waals surface area contributed by atoms with Crippen LogP contribution in [0.4, 0.5) is 4.39 Å². The van der Waals surface area contributed by atoms with Crippen LogP contribution in [0.15, 0.2) is 36.4 Å². The fourth-order valence-corrected chi connectivity index (χ4v) is 3.96. The molecule has 0 aromatic heterocycles. The van der Waals surface area contributed by atoms with Crippen LogP contribution < -0.4 is 14.2 Å². The van der Waals surface area contributed by atoms with Crippen molar-refractivity contribution in [3.63, 3.8) is 0 Å². The van der Waals surface area contributed by atoms with Crippen molar-refractivity contribution >= 4 is 5.97 Å². The Morgan fingerprint density at radius 1 is 1.07 bits per heavy atom. The molecule has 7 heteroatoms. The first kappa shape index (κ1) is 20.9. The largest absolute Gasteiger partial charge is 0.493 e. The van der Waals surface area contributed by atoms with Crippen molar-refractivity contribution < 1.29 is 28.5 Å². The van der Waals surface area contributed by atoms with Crippen LogP contribution in [-0.4, -0.2) is 50.4 Å². The number of piperidine rings is 1. The molecule has 0 radical (unpaired) electrons. The average Bonchev–Trinajstić information content (AvgIpc) is 2.74. The molecule has 6 nitrogen and oxygen atoms in total. The zero-order valence-corrected chi connectivity index (χ0v) is 16.9. The highest BCUT2D eigenvalue weighted by Crippen LogP contribution is 2.43. The number of hydrogen-bond donors (Lipinski definition) is 1. The number of benzene rings is 2. The highest BCUT2D eigenvalue weighted by atomic mass is 19.1. The lowest BCUT2D eigenvalue weighted by Crippen LogP contribution is -2.41. The number of carboxylic acid groups (broad SMARTS) is 1. The second-order valence-electron chi connectivity index (χ2n) is 7.09. The van der Waals surface area contributed by atoms with Crippen molar-refractivity contribution in [2.45, 2.75) is 18.9 Å². The van der Waals surface area contributed by atoms with Gasteiger partial charge in [0.1, 0.15) is 5.82 Å². The zero-order valence-electron chi connectivity index (χ0n) is 16.9. The van der Waals surface area contributed by atoms with Gasteiger partial charge >= 0.3 is 5.97 Å². The van der Waals surface area contributed by atoms with Gasteiger partial charge in [-0.15, -0.1) is 0 Å². The normalized spacial score (nSPS) is 18.1. The standard InChI is InChI=1S/C22H26FNO5/c1-27-18-11-16(12-19(28-2)21(18)29-3)20(14-6-8-17(23)9-7-14)24-10-4-5-15(13-24)22(25)26/h6-9,11-12,15,20H,4-5,10,13H2,1-3H3,(H,25,26). The van der Waals surface area contributed by atoms with Gasteiger partial charge in [-0.05, 0) is 54.8 Å². The zero-order chi connectivity index (χ0) is 21.0. The van der Waals surface area contributed by atoms with Gasteiger partial charge in [0.05, 0.1) is 33.3 Å². The Labute approximate surface area is 169 Å². The van der Waals surface area contributed by atoms with E-state index in [9.17, 15) is 14.3 Å². The van der Waals surface area contributed by atoms with Gasteiger partial charge in [-0.2, -0.15) is 0 Å². The molecule has 3 rings (SSSR count). The van der Waals surface area contributed by atoms with Crippen molar-refractivity contribution in [1.82, 2.24) is 4.90 Å². The second-order valence-corrected chi connectivity index (χ2v) is 7.09. The lowest BCUT2D eigenvalue weighted by atomic mass is 9.91. The van der Waals surface area contributed by atoms with Crippen LogP contribution in [0.3, 0.4) is 0 Å². The molecule has 1 heterocycles. The SMILES string of the molecule is COc1cc(C(c2ccc(F)cc2)N2CCCC(C(=O)O)C2)cc(OC)c1OC. The molecular weight excluding hydrogens is 377 g/mol. The molecule has 2 aromatic carbocycles. The summed E-state index contributed by atoms with van der Waals surface area (Å²) in [4.78, 5) is 13.7. The Morgan fingerprint density at radius 3 is 2.21 bits per heavy atom. The van der Waals surface area contributed by atoms with Crippen molar-refractivity contribution in [3.8, 4) is 17.2 Å². The maximum atomic E-state index is 13.6. The van der Waals surface area contributed by atoms with Gasteiger partial charge in [0.25, 0.3) is 0 Å². The first-order valence-electron chi connectivity index (χ1n) is 9.50. The number of rotatable bonds is 7. The number of likely N-dealkylation sites (tertiary alicyclic amines) is 1. The molecule has 1 saturated heterocycles. The van der Waals surface area contributed by atoms with E-state index in [1.54, 1.807) is 33.5 Å². The summed E-state index contributed by atoms with van der Waals surface area (Å²) in [6, 6.07) is 9.74. The summed E-state index contributed by atoms with van der Waals surface area (Å²) in [6.07, 6.45) is 1.43. The van der Waals surface area contributed by atoms with Crippen LogP contribution in [0.5, 0.6) is 17.2 Å². The van der Waals surface area contributed by atoms with Gasteiger partial charge in [0.15, 0.2) is 11.5 Å². The molecule has 0 spiro atoms. The van der Waals surface area contributed by atoms with Crippen LogP contribution in [0.1, 0.15) is 30.0 Å². The molecule has 0 bridgehead atoms. The van der Waals surface area contributed by atoms with E-state index in [4.69, 9.17) is 14.2 Å². The van der Waals surface area contributed by atoms with E-state index in [0.29, 0.717) is 30.2 Å². The third-order valence-corrected chi connectivity index (χ3v) is 5.36. The van der Waals surface area contributed by atoms with E-state index < -0.39 is 11.9 Å². The summed E-state index contributed by atoms with van der Waals surface area (Å²) in [5, 5.41) is 9.52. The van der Waals surface area contributed by atoms with Crippen LogP contribution >= 0.6 is 0 Å². The smallest absolute Gasteiger partial charge is 0.307 e. The number of methoxy groups -OCH3 is 3. The summed E-state index contributed by atoms with van der Waals surface area (Å²) in [5.41, 5.74) is 1.73. The highest BCUT2D eigenvalue weighted by molar-refractivity contribution is 5.70.